The first-order valence-corrected chi connectivity index (χ1v) is 9.58. The Labute approximate surface area is 161 Å². The number of nitrogens with zero attached hydrogens (tertiary/aromatic N) is 2. The zero-order chi connectivity index (χ0) is 19.2. The predicted octanol–water partition coefficient (Wildman–Crippen LogP) is 4.19. The lowest BCUT2D eigenvalue weighted by molar-refractivity contribution is 0.125. The van der Waals surface area contributed by atoms with Gasteiger partial charge in [-0.3, -0.25) is 0 Å². The molecule has 4 nitrogen and oxygen atoms in total. The number of hydrogen-bond acceptors (Lipinski definition) is 2. The highest BCUT2D eigenvalue weighted by Gasteiger charge is 2.28. The van der Waals surface area contributed by atoms with Gasteiger partial charge in [0.25, 0.3) is 0 Å². The minimum absolute atomic E-state index is 0.0646. The Morgan fingerprint density at radius 1 is 1.15 bits per heavy atom. The monoisotopic (exact) mass is 369 g/mol. The highest BCUT2D eigenvalue weighted by atomic mass is 19.1. The average molecular weight is 369 g/mol. The number of nitrogens with one attached hydrogen (secondary N) is 1. The zero-order valence-electron chi connectivity index (χ0n) is 16.1. The van der Waals surface area contributed by atoms with Crippen molar-refractivity contribution in [3.8, 4) is 0 Å². The van der Waals surface area contributed by atoms with E-state index in [2.05, 4.69) is 17.3 Å². The average Bonchev–Trinajstić information content (AvgIpc) is 2.69. The van der Waals surface area contributed by atoms with Crippen LogP contribution in [0.5, 0.6) is 0 Å². The van der Waals surface area contributed by atoms with Crippen LogP contribution in [0.1, 0.15) is 36.9 Å². The molecular weight excluding hydrogens is 341 g/mol. The lowest BCUT2D eigenvalue weighted by Gasteiger charge is -2.38. The van der Waals surface area contributed by atoms with E-state index in [1.807, 2.05) is 42.2 Å². The van der Waals surface area contributed by atoms with Crippen molar-refractivity contribution in [1.29, 1.82) is 0 Å². The smallest absolute Gasteiger partial charge is 0.318 e. The lowest BCUT2D eigenvalue weighted by atomic mass is 10.0. The molecule has 2 aromatic rings. The Balaban J connectivity index is 1.73. The van der Waals surface area contributed by atoms with Crippen molar-refractivity contribution in [3.63, 3.8) is 0 Å². The fourth-order valence-electron chi connectivity index (χ4n) is 3.55. The van der Waals surface area contributed by atoms with E-state index in [0.717, 1.165) is 37.1 Å². The number of urea groups is 1. The summed E-state index contributed by atoms with van der Waals surface area (Å²) in [5.74, 6) is -0.258. The van der Waals surface area contributed by atoms with E-state index in [0.29, 0.717) is 6.54 Å². The van der Waals surface area contributed by atoms with Gasteiger partial charge in [0.05, 0.1) is 6.04 Å². The summed E-state index contributed by atoms with van der Waals surface area (Å²) in [7, 11) is 2.11. The third-order valence-electron chi connectivity index (χ3n) is 5.30. The van der Waals surface area contributed by atoms with Crippen LogP contribution in [-0.2, 0) is 6.54 Å². The van der Waals surface area contributed by atoms with E-state index in [-0.39, 0.29) is 23.9 Å². The summed E-state index contributed by atoms with van der Waals surface area (Å²) in [6, 6.07) is 16.4. The summed E-state index contributed by atoms with van der Waals surface area (Å²) in [4.78, 5) is 17.3. The molecule has 1 atom stereocenters. The van der Waals surface area contributed by atoms with Gasteiger partial charge in [-0.1, -0.05) is 42.5 Å². The standard InChI is InChI=1S/C22H28FN3O/c1-17(19-6-4-3-5-7-19)24-22(27)26(21-12-14-25(2)15-13-21)16-18-8-10-20(23)11-9-18/h3-11,17,21H,12-16H2,1-2H3,(H,24,27). The SMILES string of the molecule is CC(NC(=O)N(Cc1ccc(F)cc1)C1CCN(C)CC1)c1ccccc1. The Kier molecular flexibility index (Phi) is 6.45. The first-order valence-electron chi connectivity index (χ1n) is 9.58. The Hall–Kier alpha value is -2.40. The number of carbonyl (C=O) groups excluding carboxylic acids is 1. The highest BCUT2D eigenvalue weighted by Crippen LogP contribution is 2.20. The molecule has 0 spiro atoms. The van der Waals surface area contributed by atoms with Gasteiger partial charge in [0.15, 0.2) is 0 Å². The predicted molar refractivity (Wildman–Crippen MR) is 106 cm³/mol. The number of carbonyl (C=O) groups is 1. The summed E-state index contributed by atoms with van der Waals surface area (Å²) < 4.78 is 13.2. The Morgan fingerprint density at radius 2 is 1.78 bits per heavy atom. The normalized spacial score (nSPS) is 16.7. The van der Waals surface area contributed by atoms with Crippen LogP contribution in [0.25, 0.3) is 0 Å². The van der Waals surface area contributed by atoms with Crippen LogP contribution in [0.15, 0.2) is 54.6 Å². The second-order valence-electron chi connectivity index (χ2n) is 7.37. The molecule has 1 aliphatic rings. The quantitative estimate of drug-likeness (QED) is 0.858. The van der Waals surface area contributed by atoms with Crippen molar-refractivity contribution >= 4 is 6.03 Å². The van der Waals surface area contributed by atoms with Gasteiger partial charge in [0.2, 0.25) is 0 Å². The van der Waals surface area contributed by atoms with E-state index in [1.54, 1.807) is 12.1 Å². The number of amides is 2. The number of likely N-dealkylation sites (tertiary alicyclic amines) is 1. The summed E-state index contributed by atoms with van der Waals surface area (Å²) in [6.07, 6.45) is 1.90. The summed E-state index contributed by atoms with van der Waals surface area (Å²) in [5.41, 5.74) is 2.02. The molecule has 2 aromatic carbocycles. The molecule has 5 heteroatoms. The first-order chi connectivity index (χ1) is 13.0. The molecule has 1 unspecified atom stereocenters. The lowest BCUT2D eigenvalue weighted by Crippen LogP contribution is -2.50. The van der Waals surface area contributed by atoms with Crippen LogP contribution in [0.4, 0.5) is 9.18 Å². The fourth-order valence-corrected chi connectivity index (χ4v) is 3.55. The number of halogens is 1. The third-order valence-corrected chi connectivity index (χ3v) is 5.30. The fraction of sp³-hybridized carbons (Fsp3) is 0.409. The van der Waals surface area contributed by atoms with Gasteiger partial charge in [-0.15, -0.1) is 0 Å². The molecule has 2 amide bonds. The van der Waals surface area contributed by atoms with Crippen LogP contribution in [-0.4, -0.2) is 42.0 Å². The van der Waals surface area contributed by atoms with Crippen molar-refractivity contribution < 1.29 is 9.18 Å². The molecule has 3 rings (SSSR count). The van der Waals surface area contributed by atoms with Crippen LogP contribution in [0.2, 0.25) is 0 Å². The topological polar surface area (TPSA) is 35.6 Å². The molecule has 0 saturated carbocycles. The van der Waals surface area contributed by atoms with Crippen molar-refractivity contribution in [3.05, 3.63) is 71.5 Å². The van der Waals surface area contributed by atoms with E-state index < -0.39 is 0 Å². The minimum Gasteiger partial charge on any atom is -0.331 e. The highest BCUT2D eigenvalue weighted by molar-refractivity contribution is 5.75. The van der Waals surface area contributed by atoms with Gasteiger partial charge < -0.3 is 15.1 Å². The zero-order valence-corrected chi connectivity index (χ0v) is 16.1. The molecule has 1 aliphatic heterocycles. The van der Waals surface area contributed by atoms with E-state index in [1.165, 1.54) is 12.1 Å². The summed E-state index contributed by atoms with van der Waals surface area (Å²) in [6.45, 7) is 4.44. The van der Waals surface area contributed by atoms with E-state index in [9.17, 15) is 9.18 Å². The number of hydrogen-bond donors (Lipinski definition) is 1. The van der Waals surface area contributed by atoms with Gasteiger partial charge in [0, 0.05) is 12.6 Å². The summed E-state index contributed by atoms with van der Waals surface area (Å²) >= 11 is 0. The first kappa shape index (κ1) is 19.4. The van der Waals surface area contributed by atoms with Gasteiger partial charge in [-0.05, 0) is 63.2 Å². The second kappa shape index (κ2) is 9.00. The van der Waals surface area contributed by atoms with Crippen molar-refractivity contribution in [1.82, 2.24) is 15.1 Å². The largest absolute Gasteiger partial charge is 0.331 e. The Bertz CT molecular complexity index is 727. The maximum atomic E-state index is 13.2. The molecule has 0 aromatic heterocycles. The maximum Gasteiger partial charge on any atom is 0.318 e. The second-order valence-corrected chi connectivity index (χ2v) is 7.37. The molecular formula is C22H28FN3O. The van der Waals surface area contributed by atoms with Crippen LogP contribution < -0.4 is 5.32 Å². The maximum absolute atomic E-state index is 13.2. The van der Waals surface area contributed by atoms with Crippen molar-refractivity contribution in [2.75, 3.05) is 20.1 Å². The van der Waals surface area contributed by atoms with E-state index in [4.69, 9.17) is 0 Å². The van der Waals surface area contributed by atoms with Crippen LogP contribution in [0, 0.1) is 5.82 Å². The Morgan fingerprint density at radius 3 is 2.41 bits per heavy atom. The summed E-state index contributed by atoms with van der Waals surface area (Å²) in [5, 5.41) is 3.14. The molecule has 1 N–H and O–H groups in total. The van der Waals surface area contributed by atoms with E-state index >= 15 is 0 Å². The van der Waals surface area contributed by atoms with Crippen molar-refractivity contribution in [2.45, 2.75) is 38.4 Å². The molecule has 0 bridgehead atoms. The van der Waals surface area contributed by atoms with Crippen LogP contribution >= 0.6 is 0 Å². The number of benzene rings is 2. The molecule has 1 fully saturated rings. The van der Waals surface area contributed by atoms with Gasteiger partial charge in [-0.25, -0.2) is 9.18 Å². The molecule has 0 aliphatic carbocycles. The molecule has 144 valence electrons. The van der Waals surface area contributed by atoms with Crippen molar-refractivity contribution in [2.24, 2.45) is 0 Å². The minimum atomic E-state index is -0.258. The molecule has 27 heavy (non-hydrogen) atoms. The molecule has 1 saturated heterocycles. The van der Waals surface area contributed by atoms with Gasteiger partial charge >= 0.3 is 6.03 Å². The number of rotatable bonds is 5. The van der Waals surface area contributed by atoms with Crippen LogP contribution in [0.3, 0.4) is 0 Å². The third kappa shape index (κ3) is 5.30. The van der Waals surface area contributed by atoms with Gasteiger partial charge in [0.1, 0.15) is 5.82 Å². The molecule has 1 heterocycles. The van der Waals surface area contributed by atoms with Gasteiger partial charge in [-0.2, -0.15) is 0 Å². The number of piperidine rings is 1. The molecule has 0 radical (unpaired) electrons.